The molecule has 113 heavy (non-hydrogen) atoms. The Balaban J connectivity index is 0.000000249. The molecule has 0 saturated heterocycles. The largest absolute Gasteiger partial charge is 0.512 e. The summed E-state index contributed by atoms with van der Waals surface area (Å²) in [5, 5.41) is 42.3. The first-order chi connectivity index (χ1) is 52.6. The molecule has 0 amide bonds. The minimum Gasteiger partial charge on any atom is -0.512 e. The van der Waals surface area contributed by atoms with Crippen molar-refractivity contribution >= 4 is 82.0 Å². The summed E-state index contributed by atoms with van der Waals surface area (Å²) in [6.07, 6.45) is 21.2. The number of aromatic nitrogens is 3. The molecule has 1 fully saturated rings. The van der Waals surface area contributed by atoms with Gasteiger partial charge in [-0.05, 0) is 187 Å². The molecule has 13 rings (SSSR count). The van der Waals surface area contributed by atoms with Gasteiger partial charge in [-0.1, -0.05) is 175 Å². The molecule has 15 heteroatoms. The number of nitrogens with zero attached hydrogens (tertiary/aromatic N) is 3. The van der Waals surface area contributed by atoms with Gasteiger partial charge in [0.1, 0.15) is 11.5 Å². The molecule has 3 heterocycles. The first-order valence-corrected chi connectivity index (χ1v) is 38.7. The van der Waals surface area contributed by atoms with Crippen LogP contribution in [0.15, 0.2) is 236 Å². The summed E-state index contributed by atoms with van der Waals surface area (Å²) in [4.78, 5) is 47.3. The molecule has 1 aliphatic carbocycles. The van der Waals surface area contributed by atoms with Crippen molar-refractivity contribution in [3.05, 3.63) is 271 Å². The summed E-state index contributed by atoms with van der Waals surface area (Å²) in [6, 6.07) is 70.4. The Kier molecular flexibility index (Phi) is 37.3. The second kappa shape index (κ2) is 44.6. The number of ketones is 3. The van der Waals surface area contributed by atoms with Crippen LogP contribution in [0.2, 0.25) is 0 Å². The standard InChI is InChI=1S/C26H24NO.C20H14NO.C19H12NO.C15H28O2.C13H24O2.C5H8O2.3Ir/c1-18-16-25-20(17-24(18)19-8-4-2-5-9-19)12-13-23-22(25)14-15-27-26(23)28-21-10-6-3-7-11-21;1-14-13-21-20(22-16-8-3-2-4-9-16)18-12-11-15-7-5-6-10-17(15)19(14)18;1-2-8-17(9-3-1)21-19-18-13-15-7-5-4-6-14(15)12-16(18)10-11-20-19;1-7-14(5,8-2)12(16)11-13(17)15(6,9-3)10-4;1-7-12(3,4)10(14)9-11(15)13(5,6)8-2;1-4(6)3-5(2)7;;;/h3,6-7,10,12-17,19H,2,4-5,8-9H2,1H3;2-8,10-13H,1H3;1-8,10-13H;11,16H,7-10H2,1-6H3;9,14H,7-8H2,1-6H3;3,6H,1-2H3;;;/q3*-1;;;;;;. The molecule has 601 valence electrons. The number of hydrogen-bond donors (Lipinski definition) is 3. The maximum absolute atomic E-state index is 12.2. The van der Waals surface area contributed by atoms with Gasteiger partial charge in [-0.2, -0.15) is 54.6 Å². The fourth-order valence-corrected chi connectivity index (χ4v) is 12.7. The number of aryl methyl sites for hydroxylation is 2. The van der Waals surface area contributed by atoms with Crippen LogP contribution in [0, 0.1) is 53.7 Å². The fraction of sp³-hybridized carbons (Fsp3) is 0.327. The van der Waals surface area contributed by atoms with E-state index in [1.54, 1.807) is 6.20 Å². The van der Waals surface area contributed by atoms with E-state index in [-0.39, 0.29) is 117 Å². The zero-order chi connectivity index (χ0) is 79.8. The van der Waals surface area contributed by atoms with E-state index >= 15 is 0 Å². The van der Waals surface area contributed by atoms with Crippen LogP contribution >= 0.6 is 0 Å². The number of pyridine rings is 3. The Bertz CT molecular complexity index is 5180. The molecule has 12 nitrogen and oxygen atoms in total. The van der Waals surface area contributed by atoms with Crippen LogP contribution in [-0.2, 0) is 74.7 Å². The molecule has 3 aromatic heterocycles. The van der Waals surface area contributed by atoms with E-state index in [1.807, 2.05) is 186 Å². The Hall–Kier alpha value is -9.03. The molecule has 3 N–H and O–H groups in total. The van der Waals surface area contributed by atoms with Crippen molar-refractivity contribution < 1.29 is 104 Å². The van der Waals surface area contributed by atoms with Crippen molar-refractivity contribution in [1.29, 1.82) is 0 Å². The Morgan fingerprint density at radius 3 is 1.40 bits per heavy atom. The number of allylic oxidation sites excluding steroid dienone is 6. The molecule has 0 spiro atoms. The quantitative estimate of drug-likeness (QED) is 0.0217. The monoisotopic (exact) mass is 2050 g/mol. The molecule has 12 aromatic rings. The average molecular weight is 2050 g/mol. The Morgan fingerprint density at radius 2 is 0.894 bits per heavy atom. The number of rotatable bonds is 20. The number of aliphatic hydroxyl groups excluding tert-OH is 3. The van der Waals surface area contributed by atoms with E-state index < -0.39 is 0 Å². The topological polar surface area (TPSA) is 178 Å². The van der Waals surface area contributed by atoms with Crippen LogP contribution in [0.3, 0.4) is 0 Å². The number of aliphatic hydroxyl groups is 3. The number of ether oxygens (including phenoxy) is 3. The number of para-hydroxylation sites is 3. The Morgan fingerprint density at radius 1 is 0.425 bits per heavy atom. The summed E-state index contributed by atoms with van der Waals surface area (Å²) in [6.45, 7) is 30.9. The van der Waals surface area contributed by atoms with Gasteiger partial charge in [0.05, 0.1) is 5.76 Å². The van der Waals surface area contributed by atoms with Gasteiger partial charge in [0, 0.05) is 152 Å². The van der Waals surface area contributed by atoms with E-state index in [2.05, 4.69) is 138 Å². The molecule has 1 aliphatic rings. The van der Waals surface area contributed by atoms with Gasteiger partial charge in [0.15, 0.2) is 17.3 Å². The molecule has 3 radical (unpaired) electrons. The second-order valence-electron chi connectivity index (χ2n) is 30.2. The summed E-state index contributed by atoms with van der Waals surface area (Å²) in [5.74, 6) is 5.04. The third kappa shape index (κ3) is 25.7. The van der Waals surface area contributed by atoms with Gasteiger partial charge in [0.2, 0.25) is 17.6 Å². The normalized spacial score (nSPS) is 12.6. The molecule has 0 bridgehead atoms. The Labute approximate surface area is 710 Å². The predicted octanol–water partition coefficient (Wildman–Crippen LogP) is 27.2. The SMILES string of the molecule is CC(=O)C=C(C)O.CCC(C)(C)C(=O)C=C(O)C(C)(C)CC.CCC(C)(CC)C(=O)C=C(O)C(C)(CC)CC.Cc1cc2c(ccc3c(Oc4[c-]cccc4)nccc32)cc1C1CCCCC1.Cc1cnc(Oc2[c-]cccc2)c2ccc3ccccc3c12.[Ir].[Ir].[Ir].[c-]1ccccc1Oc1nccc2cc3ccccc3cc12. The molecule has 0 aliphatic heterocycles. The minimum atomic E-state index is -0.377. The van der Waals surface area contributed by atoms with Crippen molar-refractivity contribution in [2.24, 2.45) is 21.7 Å². The van der Waals surface area contributed by atoms with E-state index in [9.17, 15) is 24.6 Å². The average Bonchev–Trinajstić information content (AvgIpc) is 0.773. The van der Waals surface area contributed by atoms with Gasteiger partial charge in [-0.25, -0.2) is 15.0 Å². The molecular weight excluding hydrogens is 1940 g/mol. The maximum atomic E-state index is 12.2. The van der Waals surface area contributed by atoms with Crippen LogP contribution in [0.5, 0.6) is 34.9 Å². The van der Waals surface area contributed by atoms with Gasteiger partial charge in [-0.15, -0.1) is 36.4 Å². The zero-order valence-corrected chi connectivity index (χ0v) is 75.5. The summed E-state index contributed by atoms with van der Waals surface area (Å²) in [7, 11) is 0. The van der Waals surface area contributed by atoms with Gasteiger partial charge < -0.3 is 29.5 Å². The van der Waals surface area contributed by atoms with Crippen LogP contribution in [0.25, 0.3) is 64.6 Å². The first-order valence-electron chi connectivity index (χ1n) is 38.7. The molecule has 0 unspecified atom stereocenters. The van der Waals surface area contributed by atoms with Crippen LogP contribution in [0.4, 0.5) is 0 Å². The first kappa shape index (κ1) is 94.6. The molecule has 9 aromatic carbocycles. The summed E-state index contributed by atoms with van der Waals surface area (Å²) in [5.41, 5.74) is 2.81. The van der Waals surface area contributed by atoms with E-state index in [4.69, 9.17) is 19.3 Å². The van der Waals surface area contributed by atoms with Crippen molar-refractivity contribution in [1.82, 2.24) is 15.0 Å². The van der Waals surface area contributed by atoms with E-state index in [0.29, 0.717) is 34.9 Å². The number of carbonyl (C=O) groups excluding carboxylic acids is 3. The fourth-order valence-electron chi connectivity index (χ4n) is 12.7. The predicted molar refractivity (Wildman–Crippen MR) is 453 cm³/mol. The maximum Gasteiger partial charge on any atom is 0.224 e. The minimum absolute atomic E-state index is 0. The van der Waals surface area contributed by atoms with Gasteiger partial charge in [-0.3, -0.25) is 14.4 Å². The summed E-state index contributed by atoms with van der Waals surface area (Å²) < 4.78 is 17.8. The zero-order valence-electron chi connectivity index (χ0n) is 68.3. The van der Waals surface area contributed by atoms with Crippen LogP contribution in [0.1, 0.15) is 190 Å². The number of fused-ring (bicyclic) bond motifs is 8. The summed E-state index contributed by atoms with van der Waals surface area (Å²) >= 11 is 0. The number of benzene rings is 9. The van der Waals surface area contributed by atoms with E-state index in [1.165, 1.54) is 118 Å². The second-order valence-corrected chi connectivity index (χ2v) is 30.2. The number of carbonyl (C=O) groups is 3. The van der Waals surface area contributed by atoms with Crippen LogP contribution in [-0.4, -0.2) is 47.6 Å². The van der Waals surface area contributed by atoms with Gasteiger partial charge in [0.25, 0.3) is 0 Å². The van der Waals surface area contributed by atoms with Gasteiger partial charge >= 0.3 is 0 Å². The molecule has 1 saturated carbocycles. The van der Waals surface area contributed by atoms with E-state index in [0.717, 1.165) is 71.6 Å². The van der Waals surface area contributed by atoms with Crippen molar-refractivity contribution in [2.45, 2.75) is 187 Å². The third-order valence-corrected chi connectivity index (χ3v) is 21.8. The number of hydrogen-bond acceptors (Lipinski definition) is 12. The smallest absolute Gasteiger partial charge is 0.224 e. The van der Waals surface area contributed by atoms with Crippen molar-refractivity contribution in [3.63, 3.8) is 0 Å². The third-order valence-electron chi connectivity index (χ3n) is 21.8. The molecule has 0 atom stereocenters. The van der Waals surface area contributed by atoms with Crippen molar-refractivity contribution in [2.75, 3.05) is 0 Å². The molecular formula is C98H110Ir3N3O9-3. The van der Waals surface area contributed by atoms with Crippen molar-refractivity contribution in [3.8, 4) is 34.9 Å². The van der Waals surface area contributed by atoms with Crippen LogP contribution < -0.4 is 14.2 Å².